The minimum absolute atomic E-state index is 0.0496. The van der Waals surface area contributed by atoms with E-state index in [0.29, 0.717) is 5.75 Å². The number of rotatable bonds is 8. The van der Waals surface area contributed by atoms with E-state index >= 15 is 0 Å². The zero-order chi connectivity index (χ0) is 16.0. The molecule has 0 aliphatic heterocycles. The summed E-state index contributed by atoms with van der Waals surface area (Å²) in [6.07, 6.45) is 0. The second-order valence-corrected chi connectivity index (χ2v) is 7.30. The Morgan fingerprint density at radius 3 is 2.67 bits per heavy atom. The molecule has 1 atom stereocenters. The zero-order valence-corrected chi connectivity index (χ0v) is 13.3. The summed E-state index contributed by atoms with van der Waals surface area (Å²) >= 11 is 1.60. The van der Waals surface area contributed by atoms with Gasteiger partial charge in [-0.05, 0) is 24.8 Å². The number of hydrazine groups is 1. The molecule has 21 heavy (non-hydrogen) atoms. The highest BCUT2D eigenvalue weighted by Gasteiger charge is 2.22. The third-order valence-corrected chi connectivity index (χ3v) is 5.29. The van der Waals surface area contributed by atoms with Crippen LogP contribution in [0.2, 0.25) is 0 Å². The fraction of sp³-hybridized carbons (Fsp3) is 0.455. The van der Waals surface area contributed by atoms with Crippen LogP contribution < -0.4 is 16.0 Å². The van der Waals surface area contributed by atoms with E-state index in [1.54, 1.807) is 18.7 Å². The van der Waals surface area contributed by atoms with E-state index < -0.39 is 20.6 Å². The average Bonchev–Trinajstić information content (AvgIpc) is 2.43. The van der Waals surface area contributed by atoms with Gasteiger partial charge in [-0.2, -0.15) is 11.8 Å². The number of sulfonamides is 1. The van der Waals surface area contributed by atoms with Crippen LogP contribution in [0.3, 0.4) is 0 Å². The summed E-state index contributed by atoms with van der Waals surface area (Å²) in [4.78, 5) is 10.1. The fourth-order valence-electron chi connectivity index (χ4n) is 1.61. The van der Waals surface area contributed by atoms with Crippen LogP contribution in [0.4, 0.5) is 11.4 Å². The Morgan fingerprint density at radius 2 is 2.14 bits per heavy atom. The van der Waals surface area contributed by atoms with Crippen LogP contribution in [-0.4, -0.2) is 30.9 Å². The van der Waals surface area contributed by atoms with Crippen LogP contribution >= 0.6 is 11.8 Å². The van der Waals surface area contributed by atoms with Crippen molar-refractivity contribution in [3.8, 4) is 0 Å². The summed E-state index contributed by atoms with van der Waals surface area (Å²) in [5, 5.41) is 10.9. The standard InChI is InChI=1S/C11H18N4O4S2/c1-3-20-7-8(2)14-21(18,19)9-4-5-10(13-12)11(6-9)15(16)17/h4-6,8,13-14H,3,7,12H2,1-2H3. The Hall–Kier alpha value is -1.36. The maximum atomic E-state index is 12.2. The summed E-state index contributed by atoms with van der Waals surface area (Å²) in [5.74, 6) is 6.67. The van der Waals surface area contributed by atoms with Crippen molar-refractivity contribution in [2.75, 3.05) is 16.9 Å². The predicted octanol–water partition coefficient (Wildman–Crippen LogP) is 1.30. The lowest BCUT2D eigenvalue weighted by molar-refractivity contribution is -0.384. The molecule has 10 heteroatoms. The van der Waals surface area contributed by atoms with Gasteiger partial charge in [-0.3, -0.25) is 16.0 Å². The maximum Gasteiger partial charge on any atom is 0.294 e. The number of benzene rings is 1. The van der Waals surface area contributed by atoms with E-state index in [9.17, 15) is 18.5 Å². The largest absolute Gasteiger partial charge is 0.318 e. The number of hydrogen-bond donors (Lipinski definition) is 3. The molecule has 0 heterocycles. The quantitative estimate of drug-likeness (QED) is 0.371. The van der Waals surface area contributed by atoms with Gasteiger partial charge in [0.15, 0.2) is 0 Å². The van der Waals surface area contributed by atoms with E-state index in [0.717, 1.165) is 11.8 Å². The molecule has 0 bridgehead atoms. The van der Waals surface area contributed by atoms with Crippen molar-refractivity contribution in [2.45, 2.75) is 24.8 Å². The van der Waals surface area contributed by atoms with Crippen LogP contribution in [0.1, 0.15) is 13.8 Å². The average molecular weight is 334 g/mol. The Kier molecular flexibility index (Phi) is 6.40. The summed E-state index contributed by atoms with van der Waals surface area (Å²) in [6, 6.07) is 3.24. The van der Waals surface area contributed by atoms with Gasteiger partial charge in [0.25, 0.3) is 5.69 Å². The molecule has 0 fully saturated rings. The van der Waals surface area contributed by atoms with Gasteiger partial charge in [0.2, 0.25) is 10.0 Å². The third kappa shape index (κ3) is 4.84. The second kappa shape index (κ2) is 7.59. The number of nitrogen functional groups attached to an aromatic ring is 1. The summed E-state index contributed by atoms with van der Waals surface area (Å²) in [5.41, 5.74) is 1.82. The Bertz CT molecular complexity index is 606. The molecule has 0 amide bonds. The van der Waals surface area contributed by atoms with Gasteiger partial charge in [-0.1, -0.05) is 6.92 Å². The fourth-order valence-corrected chi connectivity index (χ4v) is 3.65. The lowest BCUT2D eigenvalue weighted by Crippen LogP contribution is -2.34. The van der Waals surface area contributed by atoms with E-state index in [-0.39, 0.29) is 16.6 Å². The van der Waals surface area contributed by atoms with E-state index in [1.807, 2.05) is 6.92 Å². The van der Waals surface area contributed by atoms with E-state index in [4.69, 9.17) is 5.84 Å². The number of nitrogens with zero attached hydrogens (tertiary/aromatic N) is 1. The number of thioether (sulfide) groups is 1. The van der Waals surface area contributed by atoms with Crippen LogP contribution in [0.25, 0.3) is 0 Å². The molecule has 1 aromatic carbocycles. The van der Waals surface area contributed by atoms with Gasteiger partial charge in [-0.15, -0.1) is 0 Å². The molecular weight excluding hydrogens is 316 g/mol. The molecule has 0 aliphatic carbocycles. The number of nitro benzene ring substituents is 1. The maximum absolute atomic E-state index is 12.2. The van der Waals surface area contributed by atoms with E-state index in [2.05, 4.69) is 10.1 Å². The summed E-state index contributed by atoms with van der Waals surface area (Å²) < 4.78 is 26.9. The van der Waals surface area contributed by atoms with Crippen molar-refractivity contribution in [1.82, 2.24) is 4.72 Å². The van der Waals surface area contributed by atoms with Gasteiger partial charge in [0.1, 0.15) is 5.69 Å². The third-order valence-electron chi connectivity index (χ3n) is 2.56. The number of nitrogens with one attached hydrogen (secondary N) is 2. The normalized spacial score (nSPS) is 12.9. The zero-order valence-electron chi connectivity index (χ0n) is 11.7. The van der Waals surface area contributed by atoms with Gasteiger partial charge < -0.3 is 5.43 Å². The van der Waals surface area contributed by atoms with Gasteiger partial charge in [0.05, 0.1) is 9.82 Å². The van der Waals surface area contributed by atoms with Crippen LogP contribution in [0.5, 0.6) is 0 Å². The molecule has 0 saturated carbocycles. The molecule has 1 aromatic rings. The number of nitro groups is 1. The number of hydrogen-bond acceptors (Lipinski definition) is 7. The molecule has 0 aromatic heterocycles. The molecule has 0 spiro atoms. The molecule has 0 radical (unpaired) electrons. The molecule has 1 unspecified atom stereocenters. The SMILES string of the molecule is CCSCC(C)NS(=O)(=O)c1ccc(NN)c([N+](=O)[O-])c1. The van der Waals surface area contributed by atoms with Crippen LogP contribution in [0, 0.1) is 10.1 Å². The van der Waals surface area contributed by atoms with Gasteiger partial charge in [-0.25, -0.2) is 13.1 Å². The molecule has 0 aliphatic rings. The minimum Gasteiger partial charge on any atom is -0.318 e. The van der Waals surface area contributed by atoms with Crippen molar-refractivity contribution >= 4 is 33.2 Å². The number of anilines is 1. The van der Waals surface area contributed by atoms with Crippen molar-refractivity contribution < 1.29 is 13.3 Å². The molecular formula is C11H18N4O4S2. The van der Waals surface area contributed by atoms with E-state index in [1.165, 1.54) is 12.1 Å². The smallest absolute Gasteiger partial charge is 0.294 e. The molecule has 8 nitrogen and oxygen atoms in total. The Morgan fingerprint density at radius 1 is 1.48 bits per heavy atom. The number of nitrogens with two attached hydrogens (primary N) is 1. The highest BCUT2D eigenvalue weighted by molar-refractivity contribution is 7.99. The predicted molar refractivity (Wildman–Crippen MR) is 83.7 cm³/mol. The topological polar surface area (TPSA) is 127 Å². The lowest BCUT2D eigenvalue weighted by Gasteiger charge is -2.14. The van der Waals surface area contributed by atoms with Gasteiger partial charge in [0, 0.05) is 17.9 Å². The minimum atomic E-state index is -3.81. The van der Waals surface area contributed by atoms with Crippen molar-refractivity contribution in [3.05, 3.63) is 28.3 Å². The van der Waals surface area contributed by atoms with Crippen molar-refractivity contribution in [2.24, 2.45) is 5.84 Å². The van der Waals surface area contributed by atoms with Crippen LogP contribution in [0.15, 0.2) is 23.1 Å². The molecule has 118 valence electrons. The second-order valence-electron chi connectivity index (χ2n) is 4.26. The van der Waals surface area contributed by atoms with Crippen molar-refractivity contribution in [3.63, 3.8) is 0 Å². The Balaban J connectivity index is 3.03. The molecule has 4 N–H and O–H groups in total. The first-order valence-electron chi connectivity index (χ1n) is 6.17. The highest BCUT2D eigenvalue weighted by Crippen LogP contribution is 2.26. The first kappa shape index (κ1) is 17.7. The summed E-state index contributed by atoms with van der Waals surface area (Å²) in [6.45, 7) is 3.72. The van der Waals surface area contributed by atoms with Crippen molar-refractivity contribution in [1.29, 1.82) is 0 Å². The first-order chi connectivity index (χ1) is 9.81. The molecule has 0 saturated heterocycles. The summed E-state index contributed by atoms with van der Waals surface area (Å²) in [7, 11) is -3.81. The Labute approximate surface area is 127 Å². The monoisotopic (exact) mass is 334 g/mol. The first-order valence-corrected chi connectivity index (χ1v) is 8.80. The molecule has 1 rings (SSSR count). The highest BCUT2D eigenvalue weighted by atomic mass is 32.2. The van der Waals surface area contributed by atoms with Gasteiger partial charge >= 0.3 is 0 Å². The lowest BCUT2D eigenvalue weighted by atomic mass is 10.3. The van der Waals surface area contributed by atoms with Crippen LogP contribution in [-0.2, 0) is 10.0 Å².